The molecule has 0 saturated heterocycles. The minimum Gasteiger partial charge on any atom is -0.481 e. The number of hydrogen-bond donors (Lipinski definition) is 2. The number of carboxylic acids is 1. The number of hydrogen-bond acceptors (Lipinski definition) is 3. The van der Waals surface area contributed by atoms with E-state index in [-0.39, 0.29) is 6.54 Å². The fourth-order valence-electron chi connectivity index (χ4n) is 1.74. The van der Waals surface area contributed by atoms with Crippen LogP contribution in [-0.2, 0) is 4.79 Å². The molecule has 1 unspecified atom stereocenters. The molecule has 1 atom stereocenters. The minimum atomic E-state index is -0.988. The van der Waals surface area contributed by atoms with Gasteiger partial charge in [0.15, 0.2) is 0 Å². The Morgan fingerprint density at radius 2 is 2.25 bits per heavy atom. The largest absolute Gasteiger partial charge is 0.481 e. The average Bonchev–Trinajstić information content (AvgIpc) is 2.69. The maximum Gasteiger partial charge on any atom is 0.312 e. The summed E-state index contributed by atoms with van der Waals surface area (Å²) in [5.41, 5.74) is 6.59. The highest BCUT2D eigenvalue weighted by molar-refractivity contribution is 6.32. The molecule has 0 radical (unpaired) electrons. The number of carboxylic acid groups (broad SMARTS) is 1. The number of carbonyl (C=O) groups is 1. The molecule has 0 amide bonds. The van der Waals surface area contributed by atoms with Crippen molar-refractivity contribution in [2.75, 3.05) is 6.54 Å². The van der Waals surface area contributed by atoms with Crippen LogP contribution in [0.1, 0.15) is 11.5 Å². The van der Waals surface area contributed by atoms with Crippen molar-refractivity contribution >= 4 is 28.5 Å². The fraction of sp³-hybridized carbons (Fsp3) is 0.182. The smallest absolute Gasteiger partial charge is 0.312 e. The van der Waals surface area contributed by atoms with Gasteiger partial charge in [-0.05, 0) is 23.8 Å². The number of rotatable bonds is 3. The monoisotopic (exact) mass is 239 g/mol. The van der Waals surface area contributed by atoms with Gasteiger partial charge in [0.1, 0.15) is 5.58 Å². The van der Waals surface area contributed by atoms with Crippen LogP contribution in [0.3, 0.4) is 0 Å². The van der Waals surface area contributed by atoms with Crippen LogP contribution >= 0.6 is 11.6 Å². The highest BCUT2D eigenvalue weighted by Gasteiger charge is 2.23. The number of aliphatic carboxylic acids is 1. The second-order valence-corrected chi connectivity index (χ2v) is 3.83. The topological polar surface area (TPSA) is 76.5 Å². The summed E-state index contributed by atoms with van der Waals surface area (Å²) in [5, 5.41) is 10.2. The summed E-state index contributed by atoms with van der Waals surface area (Å²) >= 11 is 6.02. The number of halogens is 1. The molecule has 1 aromatic heterocycles. The average molecular weight is 240 g/mol. The molecule has 5 heteroatoms. The summed E-state index contributed by atoms with van der Waals surface area (Å²) in [6.45, 7) is -0.000648. The van der Waals surface area contributed by atoms with E-state index in [0.717, 1.165) is 0 Å². The van der Waals surface area contributed by atoms with Gasteiger partial charge in [0.05, 0.1) is 12.2 Å². The molecule has 1 aromatic carbocycles. The molecule has 2 rings (SSSR count). The predicted octanol–water partition coefficient (Wildman–Crippen LogP) is 2.21. The van der Waals surface area contributed by atoms with Crippen LogP contribution in [0.15, 0.2) is 28.9 Å². The summed E-state index contributed by atoms with van der Waals surface area (Å²) in [4.78, 5) is 11.1. The van der Waals surface area contributed by atoms with Crippen LogP contribution in [0, 0.1) is 0 Å². The van der Waals surface area contributed by atoms with Crippen molar-refractivity contribution in [3.8, 4) is 0 Å². The van der Waals surface area contributed by atoms with E-state index in [1.165, 1.54) is 6.26 Å². The standard InChI is InChI=1S/C11H10ClNO3/c12-8-1-2-9-6(3-4-16-9)10(8)7(5-13)11(14)15/h1-4,7H,5,13H2,(H,14,15). The molecular formula is C11H10ClNO3. The van der Waals surface area contributed by atoms with Gasteiger partial charge in [0.25, 0.3) is 0 Å². The number of benzene rings is 1. The van der Waals surface area contributed by atoms with E-state index in [1.807, 2.05) is 0 Å². The first-order valence-electron chi connectivity index (χ1n) is 4.73. The van der Waals surface area contributed by atoms with Crippen molar-refractivity contribution in [3.63, 3.8) is 0 Å². The third-order valence-corrected chi connectivity index (χ3v) is 2.84. The number of furan rings is 1. The molecule has 1 heterocycles. The van der Waals surface area contributed by atoms with Crippen LogP contribution in [-0.4, -0.2) is 17.6 Å². The molecule has 0 fully saturated rings. The van der Waals surface area contributed by atoms with Gasteiger partial charge in [0.2, 0.25) is 0 Å². The molecule has 3 N–H and O–H groups in total. The minimum absolute atomic E-state index is 0.000648. The normalized spacial score (nSPS) is 12.9. The van der Waals surface area contributed by atoms with Crippen molar-refractivity contribution in [1.29, 1.82) is 0 Å². The van der Waals surface area contributed by atoms with Crippen LogP contribution in [0.4, 0.5) is 0 Å². The zero-order chi connectivity index (χ0) is 11.7. The number of fused-ring (bicyclic) bond motifs is 1. The van der Waals surface area contributed by atoms with Crippen molar-refractivity contribution in [2.45, 2.75) is 5.92 Å². The van der Waals surface area contributed by atoms with Gasteiger partial charge in [-0.15, -0.1) is 0 Å². The summed E-state index contributed by atoms with van der Waals surface area (Å²) < 4.78 is 5.20. The first-order valence-corrected chi connectivity index (χ1v) is 5.11. The van der Waals surface area contributed by atoms with E-state index in [4.69, 9.17) is 26.9 Å². The van der Waals surface area contributed by atoms with Gasteiger partial charge in [0, 0.05) is 17.0 Å². The SMILES string of the molecule is NCC(C(=O)O)c1c(Cl)ccc2occc12. The molecule has 0 aliphatic heterocycles. The Bertz CT molecular complexity index is 535. The molecule has 16 heavy (non-hydrogen) atoms. The van der Waals surface area contributed by atoms with E-state index in [2.05, 4.69) is 0 Å². The van der Waals surface area contributed by atoms with Crippen LogP contribution in [0.5, 0.6) is 0 Å². The van der Waals surface area contributed by atoms with E-state index in [1.54, 1.807) is 18.2 Å². The number of nitrogens with two attached hydrogens (primary N) is 1. The lowest BCUT2D eigenvalue weighted by molar-refractivity contribution is -0.138. The van der Waals surface area contributed by atoms with Crippen LogP contribution < -0.4 is 5.73 Å². The Hall–Kier alpha value is -1.52. The van der Waals surface area contributed by atoms with E-state index in [0.29, 0.717) is 21.6 Å². The Morgan fingerprint density at radius 1 is 1.50 bits per heavy atom. The second-order valence-electron chi connectivity index (χ2n) is 3.42. The fourth-order valence-corrected chi connectivity index (χ4v) is 2.03. The van der Waals surface area contributed by atoms with Crippen LogP contribution in [0.25, 0.3) is 11.0 Å². The van der Waals surface area contributed by atoms with Gasteiger partial charge in [-0.25, -0.2) is 0 Å². The first-order chi connectivity index (χ1) is 7.65. The quantitative estimate of drug-likeness (QED) is 0.861. The third kappa shape index (κ3) is 1.66. The lowest BCUT2D eigenvalue weighted by Crippen LogP contribution is -2.21. The summed E-state index contributed by atoms with van der Waals surface area (Å²) in [5.74, 6) is -1.80. The molecular weight excluding hydrogens is 230 g/mol. The van der Waals surface area contributed by atoms with Crippen molar-refractivity contribution < 1.29 is 14.3 Å². The van der Waals surface area contributed by atoms with Gasteiger partial charge in [-0.1, -0.05) is 11.6 Å². The van der Waals surface area contributed by atoms with Crippen LogP contribution in [0.2, 0.25) is 5.02 Å². The summed E-state index contributed by atoms with van der Waals surface area (Å²) in [7, 11) is 0. The second kappa shape index (κ2) is 4.15. The highest BCUT2D eigenvalue weighted by Crippen LogP contribution is 2.32. The van der Waals surface area contributed by atoms with E-state index >= 15 is 0 Å². The van der Waals surface area contributed by atoms with Gasteiger partial charge < -0.3 is 15.3 Å². The molecule has 84 valence electrons. The lowest BCUT2D eigenvalue weighted by atomic mass is 9.96. The molecule has 0 saturated carbocycles. The molecule has 0 spiro atoms. The van der Waals surface area contributed by atoms with E-state index < -0.39 is 11.9 Å². The maximum absolute atomic E-state index is 11.1. The Balaban J connectivity index is 2.69. The van der Waals surface area contributed by atoms with Crippen molar-refractivity contribution in [2.24, 2.45) is 5.73 Å². The van der Waals surface area contributed by atoms with Gasteiger partial charge in [-0.2, -0.15) is 0 Å². The zero-order valence-electron chi connectivity index (χ0n) is 8.31. The molecule has 0 aliphatic carbocycles. The first kappa shape index (κ1) is 11.0. The lowest BCUT2D eigenvalue weighted by Gasteiger charge is -2.12. The molecule has 4 nitrogen and oxygen atoms in total. The summed E-state index contributed by atoms with van der Waals surface area (Å²) in [6.07, 6.45) is 1.50. The van der Waals surface area contributed by atoms with Crippen molar-refractivity contribution in [1.82, 2.24) is 0 Å². The van der Waals surface area contributed by atoms with Gasteiger partial charge >= 0.3 is 5.97 Å². The molecule has 0 bridgehead atoms. The predicted molar refractivity (Wildman–Crippen MR) is 60.7 cm³/mol. The Morgan fingerprint density at radius 3 is 2.88 bits per heavy atom. The van der Waals surface area contributed by atoms with Crippen molar-refractivity contribution in [3.05, 3.63) is 35.0 Å². The third-order valence-electron chi connectivity index (χ3n) is 2.51. The maximum atomic E-state index is 11.1. The summed E-state index contributed by atoms with van der Waals surface area (Å²) in [6, 6.07) is 5.02. The highest BCUT2D eigenvalue weighted by atomic mass is 35.5. The van der Waals surface area contributed by atoms with Gasteiger partial charge in [-0.3, -0.25) is 4.79 Å². The van der Waals surface area contributed by atoms with E-state index in [9.17, 15) is 4.79 Å². The zero-order valence-corrected chi connectivity index (χ0v) is 9.07. The Kier molecular flexibility index (Phi) is 2.85. The molecule has 2 aromatic rings. The Labute approximate surface area is 96.6 Å². The molecule has 0 aliphatic rings.